The van der Waals surface area contributed by atoms with Crippen molar-refractivity contribution in [2.75, 3.05) is 0 Å². The van der Waals surface area contributed by atoms with Gasteiger partial charge in [0.25, 0.3) is 0 Å². The summed E-state index contributed by atoms with van der Waals surface area (Å²) < 4.78 is 11.5. The molecular formula is C42H36Cl2O2SiZr-2. The Hall–Kier alpha value is -3.66. The molecule has 48 heavy (non-hydrogen) atoms. The summed E-state index contributed by atoms with van der Waals surface area (Å²) in [7, 11) is 0. The van der Waals surface area contributed by atoms with Gasteiger partial charge >= 0.3 is 41.9 Å². The van der Waals surface area contributed by atoms with Crippen LogP contribution < -0.4 is 24.8 Å². The molecule has 240 valence electrons. The first-order chi connectivity index (χ1) is 22.4. The Balaban J connectivity index is 0.000000188. The molecule has 0 spiro atoms. The molecule has 0 aliphatic rings. The molecule has 8 rings (SSSR count). The number of halogens is 2. The number of rotatable bonds is 4. The predicted molar refractivity (Wildman–Crippen MR) is 192 cm³/mol. The van der Waals surface area contributed by atoms with Gasteiger partial charge in [-0.2, -0.15) is 0 Å². The van der Waals surface area contributed by atoms with E-state index in [-0.39, 0.29) is 30.2 Å². The Bertz CT molecular complexity index is 2060. The van der Waals surface area contributed by atoms with Crippen molar-refractivity contribution >= 4 is 27.0 Å². The minimum Gasteiger partial charge on any atom is -1.00 e. The Morgan fingerprint density at radius 3 is 1.21 bits per heavy atom. The second kappa shape index (κ2) is 17.1. The third kappa shape index (κ3) is 8.87. The van der Waals surface area contributed by atoms with E-state index in [4.69, 9.17) is 8.83 Å². The molecule has 2 aromatic heterocycles. The van der Waals surface area contributed by atoms with Crippen molar-refractivity contribution in [3.63, 3.8) is 0 Å². The van der Waals surface area contributed by atoms with Crippen molar-refractivity contribution in [2.24, 2.45) is 0 Å². The van der Waals surface area contributed by atoms with Gasteiger partial charge in [0.2, 0.25) is 0 Å². The number of benzene rings is 4. The van der Waals surface area contributed by atoms with Gasteiger partial charge < -0.3 is 33.6 Å². The molecule has 6 heteroatoms. The van der Waals surface area contributed by atoms with Crippen LogP contribution in [0.1, 0.15) is 11.5 Å². The summed E-state index contributed by atoms with van der Waals surface area (Å²) in [5.74, 6) is 3.75. The van der Waals surface area contributed by atoms with Gasteiger partial charge in [-0.3, -0.25) is 0 Å². The fourth-order valence-electron chi connectivity index (χ4n) is 5.67. The molecule has 0 fully saturated rings. The van der Waals surface area contributed by atoms with Crippen LogP contribution in [-0.2, 0) is 23.3 Å². The molecule has 2 nitrogen and oxygen atoms in total. The van der Waals surface area contributed by atoms with Gasteiger partial charge in [-0.15, -0.1) is 57.9 Å². The van der Waals surface area contributed by atoms with Crippen molar-refractivity contribution in [1.82, 2.24) is 0 Å². The molecule has 2 heterocycles. The normalized spacial score (nSPS) is 10.3. The summed E-state index contributed by atoms with van der Waals surface area (Å²) in [6.45, 7) is 8.56. The second-order valence-corrected chi connectivity index (χ2v) is 21.0. The van der Waals surface area contributed by atoms with Gasteiger partial charge in [0, 0.05) is 0 Å². The molecular weight excluding hydrogens is 727 g/mol. The number of fused-ring (bicyclic) bond motifs is 2. The van der Waals surface area contributed by atoms with E-state index >= 15 is 0 Å². The largest absolute Gasteiger partial charge is 1.00 e. The summed E-state index contributed by atoms with van der Waals surface area (Å²) in [6, 6.07) is 50.8. The molecule has 6 aromatic carbocycles. The monoisotopic (exact) mass is 760 g/mol. The van der Waals surface area contributed by atoms with E-state index in [0.29, 0.717) is 0 Å². The molecule has 0 amide bonds. The molecule has 0 unspecified atom stereocenters. The zero-order chi connectivity index (χ0) is 32.0. The molecule has 0 N–H and O–H groups in total. The average molecular weight is 763 g/mol. The van der Waals surface area contributed by atoms with Crippen LogP contribution in [0.25, 0.3) is 66.4 Å². The summed E-state index contributed by atoms with van der Waals surface area (Å²) in [6.07, 6.45) is 0. The van der Waals surface area contributed by atoms with Crippen molar-refractivity contribution < 1.29 is 57.0 Å². The maximum atomic E-state index is 5.74. The third-order valence-corrected chi connectivity index (χ3v) is 7.72. The van der Waals surface area contributed by atoms with Gasteiger partial charge in [0.1, 0.15) is 0 Å². The van der Waals surface area contributed by atoms with Crippen molar-refractivity contribution in [3.05, 3.63) is 157 Å². The van der Waals surface area contributed by atoms with Gasteiger partial charge in [0.05, 0.1) is 23.0 Å². The van der Waals surface area contributed by atoms with Crippen molar-refractivity contribution in [2.45, 2.75) is 26.9 Å². The van der Waals surface area contributed by atoms with E-state index in [1.54, 1.807) is 23.3 Å². The van der Waals surface area contributed by atoms with Crippen LogP contribution >= 0.6 is 0 Å². The Labute approximate surface area is 310 Å². The number of hydrogen-bond acceptors (Lipinski definition) is 2. The van der Waals surface area contributed by atoms with Crippen LogP contribution in [0, 0.1) is 13.8 Å². The number of aryl methyl sites for hydroxylation is 2. The fraction of sp³-hybridized carbons (Fsp3) is 0.0952. The zero-order valence-corrected chi connectivity index (χ0v) is 32.4. The van der Waals surface area contributed by atoms with Gasteiger partial charge in [0.15, 0.2) is 0 Å². The molecule has 0 atom stereocenters. The maximum absolute atomic E-state index is 5.74. The van der Waals surface area contributed by atoms with Crippen LogP contribution in [0.15, 0.2) is 154 Å². The second-order valence-electron chi connectivity index (χ2n) is 11.7. The molecule has 0 radical (unpaired) electrons. The van der Waals surface area contributed by atoms with E-state index in [1.807, 2.05) is 50.2 Å². The van der Waals surface area contributed by atoms with E-state index in [2.05, 4.69) is 122 Å². The molecule has 0 aliphatic heterocycles. The smallest absolute Gasteiger partial charge is 0.0896 e. The zero-order valence-electron chi connectivity index (χ0n) is 27.4. The van der Waals surface area contributed by atoms with Gasteiger partial charge in [-0.1, -0.05) is 107 Å². The summed E-state index contributed by atoms with van der Waals surface area (Å²) in [5.41, 5.74) is 7.52. The van der Waals surface area contributed by atoms with Crippen LogP contribution in [0.5, 0.6) is 0 Å². The predicted octanol–water partition coefficient (Wildman–Crippen LogP) is 6.38. The van der Waals surface area contributed by atoms with Gasteiger partial charge in [-0.05, 0) is 49.2 Å². The topological polar surface area (TPSA) is 26.3 Å². The van der Waals surface area contributed by atoms with E-state index in [9.17, 15) is 0 Å². The maximum Gasteiger partial charge on any atom is 0.0896 e. The minimum absolute atomic E-state index is 0. The molecule has 0 bridgehead atoms. The number of hydrogen-bond donors (Lipinski definition) is 0. The van der Waals surface area contributed by atoms with Crippen molar-refractivity contribution in [3.8, 4) is 44.9 Å². The van der Waals surface area contributed by atoms with E-state index < -0.39 is 0 Å². The molecule has 8 aromatic rings. The van der Waals surface area contributed by atoms with Crippen LogP contribution in [0.3, 0.4) is 0 Å². The quantitative estimate of drug-likeness (QED) is 0.154. The summed E-state index contributed by atoms with van der Waals surface area (Å²) >= 11 is 1.74. The first-order valence-corrected chi connectivity index (χ1v) is 21.7. The molecule has 0 aliphatic carbocycles. The minimum atomic E-state index is 0. The Kier molecular flexibility index (Phi) is 13.3. The average Bonchev–Trinajstić information content (AvgIpc) is 3.87. The molecule has 0 saturated heterocycles. The first kappa shape index (κ1) is 37.2. The fourth-order valence-corrected chi connectivity index (χ4v) is 5.67. The van der Waals surface area contributed by atoms with Gasteiger partial charge in [-0.25, -0.2) is 0 Å². The summed E-state index contributed by atoms with van der Waals surface area (Å²) in [5, 5.41) is 5.04. The SMILES string of the molecule is C[Si](C)=[Zr+2].Cc1ccc(-c2cc3c(-c4ccccc4)cccc3[cH-]2)o1.Cc1ccc(-c2cc3c(-c4ccccc4)cccc3[cH-]2)o1.[Cl-].[Cl-]. The third-order valence-electron chi connectivity index (χ3n) is 7.72. The van der Waals surface area contributed by atoms with E-state index in [1.165, 1.54) is 43.8 Å². The van der Waals surface area contributed by atoms with E-state index in [0.717, 1.165) is 34.2 Å². The first-order valence-electron chi connectivity index (χ1n) is 15.5. The Morgan fingerprint density at radius 2 is 0.875 bits per heavy atom. The summed E-state index contributed by atoms with van der Waals surface area (Å²) in [4.78, 5) is 0. The Morgan fingerprint density at radius 1 is 0.500 bits per heavy atom. The van der Waals surface area contributed by atoms with Crippen molar-refractivity contribution in [1.29, 1.82) is 0 Å². The standard InChI is InChI=1S/2C20H15O.C2H6Si.2ClH.Zr/c2*1-14-10-11-20(21-14)17-12-16-8-5-9-18(19(16)13-17)15-6-3-2-4-7-15;1-3-2;;;/h2*2-13H,1H3;1-2H3;2*1H;/q2*-1;;;;+2/p-2. The molecule has 0 saturated carbocycles. The number of furan rings is 2. The van der Waals surface area contributed by atoms with Crippen LogP contribution in [0.2, 0.25) is 13.1 Å². The van der Waals surface area contributed by atoms with Crippen LogP contribution in [0.4, 0.5) is 0 Å². The van der Waals surface area contributed by atoms with Crippen LogP contribution in [-0.4, -0.2) is 5.43 Å².